The van der Waals surface area contributed by atoms with Gasteiger partial charge in [0.2, 0.25) is 5.43 Å². The minimum absolute atomic E-state index is 0.0463. The Labute approximate surface area is 128 Å². The Morgan fingerprint density at radius 3 is 2.73 bits per heavy atom. The van der Waals surface area contributed by atoms with Gasteiger partial charge in [-0.15, -0.1) is 0 Å². The second-order valence-corrected chi connectivity index (χ2v) is 6.65. The highest BCUT2D eigenvalue weighted by Crippen LogP contribution is 2.33. The number of fused-ring (bicyclic) bond motifs is 2. The Morgan fingerprint density at radius 2 is 1.95 bits per heavy atom. The summed E-state index contributed by atoms with van der Waals surface area (Å²) in [5, 5.41) is 10.0. The van der Waals surface area contributed by atoms with Crippen LogP contribution in [-0.4, -0.2) is 51.2 Å². The van der Waals surface area contributed by atoms with Crippen LogP contribution in [0, 0.1) is 5.92 Å². The normalized spacial score (nSPS) is 25.5. The minimum atomic E-state index is -0.484. The summed E-state index contributed by atoms with van der Waals surface area (Å²) >= 11 is 0. The van der Waals surface area contributed by atoms with E-state index in [2.05, 4.69) is 4.90 Å². The molecule has 22 heavy (non-hydrogen) atoms. The van der Waals surface area contributed by atoms with Crippen molar-refractivity contribution >= 4 is 5.91 Å². The lowest BCUT2D eigenvalue weighted by atomic mass is 10.1. The van der Waals surface area contributed by atoms with Crippen LogP contribution in [0.15, 0.2) is 17.1 Å². The monoisotopic (exact) mass is 303 g/mol. The number of amides is 1. The van der Waals surface area contributed by atoms with Gasteiger partial charge < -0.3 is 14.6 Å². The predicted octanol–water partition coefficient (Wildman–Crippen LogP) is 0.842. The Hall–Kier alpha value is -1.82. The van der Waals surface area contributed by atoms with Crippen LogP contribution in [0.5, 0.6) is 5.75 Å². The van der Waals surface area contributed by atoms with E-state index in [-0.39, 0.29) is 17.8 Å². The number of pyridine rings is 1. The Kier molecular flexibility index (Phi) is 3.22. The third kappa shape index (κ3) is 2.22. The fourth-order valence-electron chi connectivity index (χ4n) is 3.64. The number of carbonyl (C=O) groups is 1. The molecule has 118 valence electrons. The topological polar surface area (TPSA) is 65.8 Å². The van der Waals surface area contributed by atoms with Gasteiger partial charge in [0.25, 0.3) is 5.91 Å². The summed E-state index contributed by atoms with van der Waals surface area (Å²) in [5.74, 6) is 0.150. The molecule has 1 unspecified atom stereocenters. The lowest BCUT2D eigenvalue weighted by Gasteiger charge is -2.42. The highest BCUT2D eigenvalue weighted by molar-refractivity contribution is 5.96. The zero-order valence-electron chi connectivity index (χ0n) is 12.6. The van der Waals surface area contributed by atoms with Gasteiger partial charge in [-0.2, -0.15) is 0 Å². The molecule has 0 aromatic carbocycles. The van der Waals surface area contributed by atoms with Crippen LogP contribution in [0.3, 0.4) is 0 Å². The van der Waals surface area contributed by atoms with E-state index in [0.717, 1.165) is 31.8 Å². The SMILES string of the molecule is O=C1c2c(O)c(=O)ccn2CC2N(CC3CC3)CCCCN12. The van der Waals surface area contributed by atoms with Crippen molar-refractivity contribution in [2.24, 2.45) is 5.92 Å². The Bertz CT molecular complexity index is 665. The number of hydrogen-bond donors (Lipinski definition) is 1. The van der Waals surface area contributed by atoms with Crippen LogP contribution in [0.4, 0.5) is 0 Å². The smallest absolute Gasteiger partial charge is 0.275 e. The summed E-state index contributed by atoms with van der Waals surface area (Å²) in [6.07, 6.45) is 6.33. The molecule has 1 saturated heterocycles. The maximum atomic E-state index is 12.8. The van der Waals surface area contributed by atoms with Crippen LogP contribution in [0.25, 0.3) is 0 Å². The van der Waals surface area contributed by atoms with Gasteiger partial charge in [0, 0.05) is 31.9 Å². The quantitative estimate of drug-likeness (QED) is 0.879. The summed E-state index contributed by atoms with van der Waals surface area (Å²) < 4.78 is 1.74. The third-order valence-electron chi connectivity index (χ3n) is 5.04. The van der Waals surface area contributed by atoms with E-state index >= 15 is 0 Å². The summed E-state index contributed by atoms with van der Waals surface area (Å²) in [6, 6.07) is 1.34. The highest BCUT2D eigenvalue weighted by atomic mass is 16.3. The second-order valence-electron chi connectivity index (χ2n) is 6.65. The number of aromatic hydroxyl groups is 1. The molecule has 0 bridgehead atoms. The number of rotatable bonds is 2. The molecule has 3 heterocycles. The van der Waals surface area contributed by atoms with Crippen molar-refractivity contribution in [2.45, 2.75) is 38.4 Å². The van der Waals surface area contributed by atoms with Gasteiger partial charge in [0.05, 0.1) is 6.54 Å². The van der Waals surface area contributed by atoms with Crippen LogP contribution < -0.4 is 5.43 Å². The van der Waals surface area contributed by atoms with Gasteiger partial charge in [-0.3, -0.25) is 14.5 Å². The molecule has 0 radical (unpaired) electrons. The van der Waals surface area contributed by atoms with Crippen molar-refractivity contribution in [3.8, 4) is 5.75 Å². The first kappa shape index (κ1) is 13.8. The minimum Gasteiger partial charge on any atom is -0.503 e. The van der Waals surface area contributed by atoms with Gasteiger partial charge in [-0.25, -0.2) is 0 Å². The maximum Gasteiger partial charge on any atom is 0.275 e. The van der Waals surface area contributed by atoms with Gasteiger partial charge in [0.15, 0.2) is 11.4 Å². The molecule has 1 N–H and O–H groups in total. The molecular formula is C16H21N3O3. The van der Waals surface area contributed by atoms with Gasteiger partial charge >= 0.3 is 0 Å². The summed E-state index contributed by atoms with van der Waals surface area (Å²) in [7, 11) is 0. The molecule has 3 aliphatic rings. The molecule has 1 aliphatic carbocycles. The van der Waals surface area contributed by atoms with Crippen molar-refractivity contribution in [2.75, 3.05) is 19.6 Å². The van der Waals surface area contributed by atoms with E-state index in [9.17, 15) is 14.7 Å². The molecule has 6 nitrogen and oxygen atoms in total. The lowest BCUT2D eigenvalue weighted by Crippen LogP contribution is -2.56. The number of hydrogen-bond acceptors (Lipinski definition) is 4. The molecule has 4 rings (SSSR count). The zero-order chi connectivity index (χ0) is 15.3. The average Bonchev–Trinajstić information content (AvgIpc) is 3.32. The summed E-state index contributed by atoms with van der Waals surface area (Å²) in [6.45, 7) is 3.40. The summed E-state index contributed by atoms with van der Waals surface area (Å²) in [4.78, 5) is 28.7. The first-order valence-corrected chi connectivity index (χ1v) is 8.12. The van der Waals surface area contributed by atoms with Crippen molar-refractivity contribution in [1.82, 2.24) is 14.4 Å². The van der Waals surface area contributed by atoms with Crippen molar-refractivity contribution in [1.29, 1.82) is 0 Å². The van der Waals surface area contributed by atoms with Gasteiger partial charge in [-0.1, -0.05) is 0 Å². The molecule has 1 aromatic heterocycles. The molecular weight excluding hydrogens is 282 g/mol. The maximum absolute atomic E-state index is 12.8. The first-order valence-electron chi connectivity index (χ1n) is 8.12. The number of nitrogens with zero attached hydrogens (tertiary/aromatic N) is 3. The van der Waals surface area contributed by atoms with Crippen LogP contribution in [-0.2, 0) is 6.54 Å². The van der Waals surface area contributed by atoms with Crippen LogP contribution in [0.1, 0.15) is 36.2 Å². The largest absolute Gasteiger partial charge is 0.503 e. The van der Waals surface area contributed by atoms with Crippen LogP contribution in [0.2, 0.25) is 0 Å². The van der Waals surface area contributed by atoms with Gasteiger partial charge in [-0.05, 0) is 31.6 Å². The molecule has 1 amide bonds. The first-order chi connectivity index (χ1) is 10.6. The van der Waals surface area contributed by atoms with Crippen molar-refractivity contribution < 1.29 is 9.90 Å². The standard InChI is InChI=1S/C16H21N3O3/c20-12-5-8-18-10-13-17(9-11-3-4-11)6-1-2-7-19(13)16(22)14(18)15(12)21/h5,8,11,13,21H,1-4,6-7,9-10H2. The third-order valence-corrected chi connectivity index (χ3v) is 5.04. The van der Waals surface area contributed by atoms with E-state index in [4.69, 9.17) is 0 Å². The van der Waals surface area contributed by atoms with Crippen molar-refractivity contribution in [3.63, 3.8) is 0 Å². The molecule has 1 aromatic rings. The molecule has 0 spiro atoms. The second kappa shape index (κ2) is 5.12. The van der Waals surface area contributed by atoms with E-state index < -0.39 is 11.2 Å². The van der Waals surface area contributed by atoms with Crippen molar-refractivity contribution in [3.05, 3.63) is 28.2 Å². The number of aromatic nitrogens is 1. The lowest BCUT2D eigenvalue weighted by molar-refractivity contribution is 0.0206. The number of carbonyl (C=O) groups excluding carboxylic acids is 1. The van der Waals surface area contributed by atoms with Crippen LogP contribution >= 0.6 is 0 Å². The molecule has 2 aliphatic heterocycles. The zero-order valence-corrected chi connectivity index (χ0v) is 12.6. The Morgan fingerprint density at radius 1 is 1.18 bits per heavy atom. The van der Waals surface area contributed by atoms with E-state index in [1.807, 2.05) is 4.90 Å². The molecule has 2 fully saturated rings. The van der Waals surface area contributed by atoms with Gasteiger partial charge in [0.1, 0.15) is 6.17 Å². The van der Waals surface area contributed by atoms with E-state index in [1.54, 1.807) is 10.8 Å². The molecule has 1 atom stereocenters. The fraction of sp³-hybridized carbons (Fsp3) is 0.625. The Balaban J connectivity index is 1.72. The van der Waals surface area contributed by atoms with E-state index in [0.29, 0.717) is 13.1 Å². The molecule has 6 heteroatoms. The highest BCUT2D eigenvalue weighted by Gasteiger charge is 2.40. The average molecular weight is 303 g/mol. The molecule has 1 saturated carbocycles. The predicted molar refractivity (Wildman–Crippen MR) is 80.7 cm³/mol. The van der Waals surface area contributed by atoms with E-state index in [1.165, 1.54) is 18.9 Å². The summed E-state index contributed by atoms with van der Waals surface area (Å²) in [5.41, 5.74) is -0.334. The fourth-order valence-corrected chi connectivity index (χ4v) is 3.64.